The molecule has 7 heteroatoms. The van der Waals surface area contributed by atoms with Gasteiger partial charge in [0.05, 0.1) is 11.4 Å². The zero-order valence-electron chi connectivity index (χ0n) is 18.5. The molecule has 0 radical (unpaired) electrons. The van der Waals surface area contributed by atoms with Crippen LogP contribution in [-0.2, 0) is 4.79 Å². The molecule has 2 aromatic heterocycles. The highest BCUT2D eigenvalue weighted by molar-refractivity contribution is 7.17. The molecule has 0 bridgehead atoms. The summed E-state index contributed by atoms with van der Waals surface area (Å²) in [7, 11) is 0. The average Bonchev–Trinajstić information content (AvgIpc) is 3.24. The van der Waals surface area contributed by atoms with Crippen LogP contribution < -0.4 is 15.8 Å². The molecule has 2 aliphatic rings. The fourth-order valence-corrected chi connectivity index (χ4v) is 5.98. The van der Waals surface area contributed by atoms with E-state index >= 15 is 0 Å². The third-order valence-corrected chi connectivity index (χ3v) is 7.86. The van der Waals surface area contributed by atoms with Gasteiger partial charge in [-0.2, -0.15) is 0 Å². The van der Waals surface area contributed by atoms with Crippen molar-refractivity contribution < 1.29 is 4.79 Å². The first-order chi connectivity index (χ1) is 15.6. The number of piperidine rings is 1. The molecule has 2 fully saturated rings. The average molecular weight is 451 g/mol. The van der Waals surface area contributed by atoms with E-state index in [1.54, 1.807) is 0 Å². The smallest absolute Gasteiger partial charge is 0.270 e. The Balaban J connectivity index is 1.40. The minimum Gasteiger partial charge on any atom is -0.353 e. The van der Waals surface area contributed by atoms with E-state index in [1.807, 2.05) is 17.5 Å². The maximum atomic E-state index is 12.9. The van der Waals surface area contributed by atoms with Crippen LogP contribution in [0, 0.1) is 12.8 Å². The second-order valence-corrected chi connectivity index (χ2v) is 10.0. The molecular weight excluding hydrogens is 420 g/mol. The number of nitrogens with zero attached hydrogens (tertiary/aromatic N) is 2. The normalized spacial score (nSPS) is 19.9. The molecule has 1 unspecified atom stereocenters. The first-order valence-corrected chi connectivity index (χ1v) is 12.6. The molecular formula is C25H30N4O2S. The number of hydrogen-bond acceptors (Lipinski definition) is 5. The molecule has 3 heterocycles. The SMILES string of the molecule is Cc1ccccc1-c1csc2c(=O)[nH]c(N3CCCC(C(=O)NC4CCCCC4)C3)nc12. The summed E-state index contributed by atoms with van der Waals surface area (Å²) in [6.07, 6.45) is 7.67. The van der Waals surface area contributed by atoms with Gasteiger partial charge in [-0.15, -0.1) is 11.3 Å². The molecule has 1 saturated carbocycles. The number of H-pyrrole nitrogens is 1. The number of benzene rings is 1. The number of aryl methyl sites for hydroxylation is 1. The van der Waals surface area contributed by atoms with Crippen molar-refractivity contribution in [3.63, 3.8) is 0 Å². The number of rotatable bonds is 4. The fourth-order valence-electron chi connectivity index (χ4n) is 5.08. The quantitative estimate of drug-likeness (QED) is 0.608. The van der Waals surface area contributed by atoms with Crippen LogP contribution in [0.3, 0.4) is 0 Å². The summed E-state index contributed by atoms with van der Waals surface area (Å²) in [4.78, 5) is 35.7. The Morgan fingerprint density at radius 1 is 1.12 bits per heavy atom. The molecule has 6 nitrogen and oxygen atoms in total. The predicted octanol–water partition coefficient (Wildman–Crippen LogP) is 4.63. The largest absolute Gasteiger partial charge is 0.353 e. The second kappa shape index (κ2) is 9.06. The molecule has 2 N–H and O–H groups in total. The molecule has 1 aliphatic carbocycles. The Kier molecular flexibility index (Phi) is 6.00. The number of carbonyl (C=O) groups excluding carboxylic acids is 1. The summed E-state index contributed by atoms with van der Waals surface area (Å²) in [6.45, 7) is 3.47. The van der Waals surface area contributed by atoms with Crippen LogP contribution in [0.2, 0.25) is 0 Å². The highest BCUT2D eigenvalue weighted by Gasteiger charge is 2.29. The molecule has 1 atom stereocenters. The van der Waals surface area contributed by atoms with Crippen molar-refractivity contribution in [2.45, 2.75) is 57.9 Å². The van der Waals surface area contributed by atoms with E-state index in [1.165, 1.54) is 30.6 Å². The van der Waals surface area contributed by atoms with Gasteiger partial charge in [0.15, 0.2) is 0 Å². The van der Waals surface area contributed by atoms with Gasteiger partial charge in [0.1, 0.15) is 4.70 Å². The van der Waals surface area contributed by atoms with Crippen molar-refractivity contribution in [1.82, 2.24) is 15.3 Å². The van der Waals surface area contributed by atoms with Crippen molar-refractivity contribution in [3.05, 3.63) is 45.6 Å². The second-order valence-electron chi connectivity index (χ2n) is 9.16. The summed E-state index contributed by atoms with van der Waals surface area (Å²) in [5.74, 6) is 0.664. The van der Waals surface area contributed by atoms with Crippen LogP contribution in [-0.4, -0.2) is 35.0 Å². The number of fused-ring (bicyclic) bond motifs is 1. The number of carbonyl (C=O) groups is 1. The minimum absolute atomic E-state index is 0.0648. The lowest BCUT2D eigenvalue weighted by Crippen LogP contribution is -2.47. The van der Waals surface area contributed by atoms with Crippen LogP contribution in [0.15, 0.2) is 34.4 Å². The van der Waals surface area contributed by atoms with E-state index in [9.17, 15) is 9.59 Å². The summed E-state index contributed by atoms with van der Waals surface area (Å²) in [5.41, 5.74) is 3.90. The van der Waals surface area contributed by atoms with Gasteiger partial charge in [0.25, 0.3) is 5.56 Å². The van der Waals surface area contributed by atoms with Crippen LogP contribution in [0.4, 0.5) is 5.95 Å². The van der Waals surface area contributed by atoms with Crippen molar-refractivity contribution >= 4 is 33.4 Å². The highest BCUT2D eigenvalue weighted by Crippen LogP contribution is 2.34. The number of aromatic amines is 1. The molecule has 168 valence electrons. The summed E-state index contributed by atoms with van der Waals surface area (Å²) in [5, 5.41) is 5.30. The minimum atomic E-state index is -0.108. The number of amides is 1. The van der Waals surface area contributed by atoms with E-state index in [4.69, 9.17) is 4.98 Å². The lowest BCUT2D eigenvalue weighted by molar-refractivity contribution is -0.126. The van der Waals surface area contributed by atoms with Crippen molar-refractivity contribution in [2.75, 3.05) is 18.0 Å². The van der Waals surface area contributed by atoms with Crippen molar-refractivity contribution in [2.24, 2.45) is 5.92 Å². The molecule has 1 aliphatic heterocycles. The molecule has 3 aromatic rings. The van der Waals surface area contributed by atoms with Gasteiger partial charge in [-0.05, 0) is 43.7 Å². The van der Waals surface area contributed by atoms with Gasteiger partial charge in [-0.3, -0.25) is 14.6 Å². The van der Waals surface area contributed by atoms with Gasteiger partial charge in [-0.1, -0.05) is 43.5 Å². The van der Waals surface area contributed by atoms with E-state index in [-0.39, 0.29) is 17.4 Å². The number of aromatic nitrogens is 2. The molecule has 32 heavy (non-hydrogen) atoms. The molecule has 1 aromatic carbocycles. The van der Waals surface area contributed by atoms with Crippen molar-refractivity contribution in [3.8, 4) is 11.1 Å². The van der Waals surface area contributed by atoms with E-state index in [0.29, 0.717) is 23.2 Å². The lowest BCUT2D eigenvalue weighted by Gasteiger charge is -2.33. The molecule has 1 saturated heterocycles. The van der Waals surface area contributed by atoms with Crippen LogP contribution >= 0.6 is 11.3 Å². The molecule has 1 amide bonds. The fraction of sp³-hybridized carbons (Fsp3) is 0.480. The Hall–Kier alpha value is -2.67. The summed E-state index contributed by atoms with van der Waals surface area (Å²) >= 11 is 1.44. The summed E-state index contributed by atoms with van der Waals surface area (Å²) in [6, 6.07) is 8.51. The number of anilines is 1. The van der Waals surface area contributed by atoms with Gasteiger partial charge in [0, 0.05) is 30.1 Å². The Morgan fingerprint density at radius 2 is 1.94 bits per heavy atom. The number of nitrogens with one attached hydrogen (secondary N) is 2. The van der Waals surface area contributed by atoms with Gasteiger partial charge in [-0.25, -0.2) is 4.98 Å². The van der Waals surface area contributed by atoms with Crippen molar-refractivity contribution in [1.29, 1.82) is 0 Å². The maximum Gasteiger partial charge on any atom is 0.270 e. The van der Waals surface area contributed by atoms with E-state index in [2.05, 4.69) is 34.3 Å². The maximum absolute atomic E-state index is 12.9. The zero-order chi connectivity index (χ0) is 22.1. The zero-order valence-corrected chi connectivity index (χ0v) is 19.3. The molecule has 0 spiro atoms. The van der Waals surface area contributed by atoms with Crippen LogP contribution in [0.5, 0.6) is 0 Å². The third kappa shape index (κ3) is 4.18. The monoisotopic (exact) mass is 450 g/mol. The number of thiophene rings is 1. The lowest BCUT2D eigenvalue weighted by atomic mass is 9.93. The topological polar surface area (TPSA) is 78.1 Å². The molecule has 5 rings (SSSR count). The van der Waals surface area contributed by atoms with E-state index in [0.717, 1.165) is 54.4 Å². The highest BCUT2D eigenvalue weighted by atomic mass is 32.1. The van der Waals surface area contributed by atoms with Crippen LogP contribution in [0.1, 0.15) is 50.5 Å². The summed E-state index contributed by atoms with van der Waals surface area (Å²) < 4.78 is 0.649. The number of hydrogen-bond donors (Lipinski definition) is 2. The van der Waals surface area contributed by atoms with Gasteiger partial charge in [0.2, 0.25) is 11.9 Å². The predicted molar refractivity (Wildman–Crippen MR) is 130 cm³/mol. The Bertz CT molecular complexity index is 1180. The third-order valence-electron chi connectivity index (χ3n) is 6.89. The Labute approximate surface area is 192 Å². The first-order valence-electron chi connectivity index (χ1n) is 11.7. The Morgan fingerprint density at radius 3 is 2.75 bits per heavy atom. The van der Waals surface area contributed by atoms with Gasteiger partial charge < -0.3 is 10.2 Å². The van der Waals surface area contributed by atoms with Gasteiger partial charge >= 0.3 is 0 Å². The van der Waals surface area contributed by atoms with Crippen LogP contribution in [0.25, 0.3) is 21.3 Å². The standard InChI is InChI=1S/C25H30N4O2S/c1-16-8-5-6-12-19(16)20-15-32-22-21(20)27-25(28-24(22)31)29-13-7-9-17(14-29)23(30)26-18-10-3-2-4-11-18/h5-6,8,12,15,17-18H,2-4,7,9-11,13-14H2,1H3,(H,26,30)(H,27,28,31). The van der Waals surface area contributed by atoms with E-state index < -0.39 is 0 Å². The first kappa shape index (κ1) is 21.2.